The Hall–Kier alpha value is -0.600. The minimum Gasteiger partial charge on any atom is -0.394 e. The van der Waals surface area contributed by atoms with Gasteiger partial charge in [0.05, 0.1) is 25.4 Å². The van der Waals surface area contributed by atoms with Gasteiger partial charge in [0.15, 0.2) is 12.6 Å². The number of nitrogens with two attached hydrogens (primary N) is 4. The number of aliphatic hydroxyl groups is 5. The predicted octanol–water partition coefficient (Wildman–Crippen LogP) is -6.07. The quantitative estimate of drug-likeness (QED) is 0.129. The van der Waals surface area contributed by atoms with E-state index in [-0.39, 0.29) is 6.54 Å². The lowest BCUT2D eigenvalue weighted by Gasteiger charge is -2.43. The molecule has 14 atom stereocenters. The summed E-state index contributed by atoms with van der Waals surface area (Å²) >= 11 is 0. The number of hydrogen-bond donors (Lipinski definition) is 9. The molecule has 0 unspecified atom stereocenters. The lowest BCUT2D eigenvalue weighted by molar-refractivity contribution is -0.280. The number of likely N-dealkylation sites (N-methyl/N-ethyl adjacent to an activating group) is 1. The van der Waals surface area contributed by atoms with Crippen LogP contribution in [0.3, 0.4) is 0 Å². The van der Waals surface area contributed by atoms with Gasteiger partial charge in [-0.05, 0) is 20.5 Å². The molecule has 36 heavy (non-hydrogen) atoms. The summed E-state index contributed by atoms with van der Waals surface area (Å²) in [7, 11) is 3.77. The normalized spacial score (nSPS) is 48.0. The molecule has 1 saturated carbocycles. The van der Waals surface area contributed by atoms with Crippen LogP contribution in [0, 0.1) is 0 Å². The van der Waals surface area contributed by atoms with Gasteiger partial charge in [0.25, 0.3) is 0 Å². The van der Waals surface area contributed by atoms with Gasteiger partial charge < -0.3 is 77.1 Å². The van der Waals surface area contributed by atoms with Crippen molar-refractivity contribution in [1.29, 1.82) is 0 Å². The molecule has 2 aliphatic heterocycles. The van der Waals surface area contributed by atoms with Crippen LogP contribution < -0.4 is 22.9 Å². The molecule has 0 bridgehead atoms. The highest BCUT2D eigenvalue weighted by Gasteiger charge is 2.52. The van der Waals surface area contributed by atoms with E-state index in [1.165, 1.54) is 0 Å². The summed E-state index contributed by atoms with van der Waals surface area (Å²) in [6.45, 7) is 0.262. The number of rotatable bonds is 10. The van der Waals surface area contributed by atoms with E-state index < -0.39 is 92.2 Å². The van der Waals surface area contributed by atoms with Gasteiger partial charge in [-0.3, -0.25) is 0 Å². The Kier molecular flexibility index (Phi) is 10.8. The fourth-order valence-electron chi connectivity index (χ4n) is 4.73. The van der Waals surface area contributed by atoms with Crippen LogP contribution in [0.25, 0.3) is 0 Å². The molecule has 3 fully saturated rings. The Morgan fingerprint density at radius 2 is 1.44 bits per heavy atom. The SMILES string of the molecule is CN(C)CCO[C@H]1[C@H](O[C@@H]2O[C@H](CO)[C@@H](O[C@H]3O[C@@H](CN)[C@@H](O)[C@H](O)[C@H]3N)[C@H]2O)[C@@H](O)[C@H](N)C[C@@H]1N. The van der Waals surface area contributed by atoms with Crippen molar-refractivity contribution < 1.29 is 49.2 Å². The van der Waals surface area contributed by atoms with Crippen molar-refractivity contribution in [2.45, 2.75) is 92.1 Å². The highest BCUT2D eigenvalue weighted by atomic mass is 16.8. The molecular weight excluding hydrogens is 482 g/mol. The third-order valence-electron chi connectivity index (χ3n) is 6.95. The zero-order valence-corrected chi connectivity index (χ0v) is 20.7. The van der Waals surface area contributed by atoms with E-state index in [0.29, 0.717) is 19.6 Å². The van der Waals surface area contributed by atoms with Crippen LogP contribution in [0.4, 0.5) is 0 Å². The highest BCUT2D eigenvalue weighted by Crippen LogP contribution is 2.32. The minimum absolute atomic E-state index is 0.112. The standard InChI is InChI=1S/C21H43N5O10/c1-26(2)3-4-32-17-9(24)5-8(23)13(28)19(17)36-21-16(31)18(11(7-27)34-21)35-20-12(25)15(30)14(29)10(6-22)33-20/h8-21,27-31H,3-7,22-25H2,1-2H3/t8-,9+,10+,11-,12-,13+,14-,15-,16-,17-,18-,19-,20-,21+/m1/s1. The van der Waals surface area contributed by atoms with Gasteiger partial charge in [0, 0.05) is 25.2 Å². The zero-order valence-electron chi connectivity index (χ0n) is 20.7. The molecular formula is C21H43N5O10. The molecule has 3 aliphatic rings. The van der Waals surface area contributed by atoms with Crippen molar-refractivity contribution in [2.75, 3.05) is 40.4 Å². The lowest BCUT2D eigenvalue weighted by atomic mass is 9.84. The second-order valence-corrected chi connectivity index (χ2v) is 9.95. The first-order valence-electron chi connectivity index (χ1n) is 12.2. The van der Waals surface area contributed by atoms with Crippen molar-refractivity contribution in [2.24, 2.45) is 22.9 Å². The highest BCUT2D eigenvalue weighted by molar-refractivity contribution is 5.00. The Labute approximate surface area is 210 Å². The molecule has 0 radical (unpaired) electrons. The van der Waals surface area contributed by atoms with Gasteiger partial charge in [-0.2, -0.15) is 0 Å². The molecule has 2 heterocycles. The second-order valence-electron chi connectivity index (χ2n) is 9.95. The van der Waals surface area contributed by atoms with Crippen LogP contribution in [0.15, 0.2) is 0 Å². The van der Waals surface area contributed by atoms with Gasteiger partial charge in [0.1, 0.15) is 48.8 Å². The Morgan fingerprint density at radius 3 is 2.06 bits per heavy atom. The van der Waals surface area contributed by atoms with E-state index in [9.17, 15) is 25.5 Å². The van der Waals surface area contributed by atoms with Crippen LogP contribution in [0.2, 0.25) is 0 Å². The van der Waals surface area contributed by atoms with Crippen molar-refractivity contribution in [3.63, 3.8) is 0 Å². The maximum absolute atomic E-state index is 11.0. The van der Waals surface area contributed by atoms with Gasteiger partial charge in [-0.15, -0.1) is 0 Å². The molecule has 2 saturated heterocycles. The second kappa shape index (κ2) is 13.0. The smallest absolute Gasteiger partial charge is 0.187 e. The Balaban J connectivity index is 1.71. The average Bonchev–Trinajstić information content (AvgIpc) is 3.13. The Bertz CT molecular complexity index is 681. The molecule has 3 rings (SSSR count). The molecule has 0 aromatic carbocycles. The summed E-state index contributed by atoms with van der Waals surface area (Å²) in [4.78, 5) is 1.92. The van der Waals surface area contributed by atoms with E-state index in [1.807, 2.05) is 19.0 Å². The molecule has 15 heteroatoms. The molecule has 0 aromatic rings. The van der Waals surface area contributed by atoms with Gasteiger partial charge in [-0.25, -0.2) is 0 Å². The van der Waals surface area contributed by atoms with Gasteiger partial charge in [0.2, 0.25) is 0 Å². The van der Waals surface area contributed by atoms with E-state index >= 15 is 0 Å². The van der Waals surface area contributed by atoms with Crippen LogP contribution in [0.1, 0.15) is 6.42 Å². The summed E-state index contributed by atoms with van der Waals surface area (Å²) in [6.07, 6.45) is -12.6. The molecule has 0 spiro atoms. The Morgan fingerprint density at radius 1 is 0.806 bits per heavy atom. The third kappa shape index (κ3) is 6.51. The van der Waals surface area contributed by atoms with Crippen LogP contribution in [0.5, 0.6) is 0 Å². The first-order chi connectivity index (χ1) is 17.0. The maximum atomic E-state index is 11.0. The van der Waals surface area contributed by atoms with Crippen molar-refractivity contribution in [3.05, 3.63) is 0 Å². The largest absolute Gasteiger partial charge is 0.394 e. The van der Waals surface area contributed by atoms with Crippen LogP contribution >= 0.6 is 0 Å². The third-order valence-corrected chi connectivity index (χ3v) is 6.95. The van der Waals surface area contributed by atoms with Gasteiger partial charge >= 0.3 is 0 Å². The lowest BCUT2D eigenvalue weighted by Crippen LogP contribution is -2.64. The molecule has 0 amide bonds. The summed E-state index contributed by atoms with van der Waals surface area (Å²) in [5.41, 5.74) is 23.9. The van der Waals surface area contributed by atoms with E-state index in [4.69, 9.17) is 46.6 Å². The first kappa shape index (κ1) is 29.9. The topological polar surface area (TPSA) is 255 Å². The van der Waals surface area contributed by atoms with E-state index in [2.05, 4.69) is 0 Å². The zero-order chi connectivity index (χ0) is 26.7. The minimum atomic E-state index is -1.46. The average molecular weight is 526 g/mol. The van der Waals surface area contributed by atoms with Gasteiger partial charge in [-0.1, -0.05) is 0 Å². The van der Waals surface area contributed by atoms with Crippen LogP contribution in [-0.2, 0) is 23.7 Å². The number of ether oxygens (including phenoxy) is 5. The van der Waals surface area contributed by atoms with Crippen molar-refractivity contribution in [3.8, 4) is 0 Å². The van der Waals surface area contributed by atoms with Crippen LogP contribution in [-0.4, -0.2) is 156 Å². The molecule has 0 aromatic heterocycles. The van der Waals surface area contributed by atoms with Crippen molar-refractivity contribution in [1.82, 2.24) is 4.90 Å². The van der Waals surface area contributed by atoms with Crippen molar-refractivity contribution >= 4 is 0 Å². The molecule has 212 valence electrons. The summed E-state index contributed by atoms with van der Waals surface area (Å²) in [5, 5.41) is 51.9. The number of hydrogen-bond acceptors (Lipinski definition) is 15. The fourth-order valence-corrected chi connectivity index (χ4v) is 4.73. The monoisotopic (exact) mass is 525 g/mol. The molecule has 1 aliphatic carbocycles. The fraction of sp³-hybridized carbons (Fsp3) is 1.00. The summed E-state index contributed by atoms with van der Waals surface area (Å²) in [5.74, 6) is 0. The summed E-state index contributed by atoms with van der Waals surface area (Å²) in [6, 6.07) is -2.39. The maximum Gasteiger partial charge on any atom is 0.187 e. The molecule has 13 N–H and O–H groups in total. The molecule has 15 nitrogen and oxygen atoms in total. The van der Waals surface area contributed by atoms with E-state index in [1.54, 1.807) is 0 Å². The number of aliphatic hydroxyl groups excluding tert-OH is 5. The number of nitrogens with zero attached hydrogens (tertiary/aromatic N) is 1. The first-order valence-corrected chi connectivity index (χ1v) is 12.2. The predicted molar refractivity (Wildman–Crippen MR) is 124 cm³/mol. The summed E-state index contributed by atoms with van der Waals surface area (Å²) < 4.78 is 28.9. The van der Waals surface area contributed by atoms with E-state index in [0.717, 1.165) is 0 Å².